The Morgan fingerprint density at radius 3 is 2.06 bits per heavy atom. The molecule has 184 valence electrons. The first-order valence-electron chi connectivity index (χ1n) is 11.4. The average molecular weight is 457 g/mol. The van der Waals surface area contributed by atoms with Crippen molar-refractivity contribution in [3.05, 3.63) is 23.2 Å². The average Bonchev–Trinajstić information content (AvgIpc) is 2.81. The van der Waals surface area contributed by atoms with Crippen LogP contribution in [0.3, 0.4) is 0 Å². The number of carbonyl (C=O) groups is 3. The highest BCUT2D eigenvalue weighted by molar-refractivity contribution is 5.92. The van der Waals surface area contributed by atoms with Gasteiger partial charge in [0.15, 0.2) is 0 Å². The molecule has 0 aromatic rings. The molecule has 1 saturated carbocycles. The molecule has 1 aliphatic heterocycles. The molecule has 2 aliphatic rings. The van der Waals surface area contributed by atoms with Crippen molar-refractivity contribution in [2.24, 2.45) is 0 Å². The number of methoxy groups -OCH3 is 1. The molecule has 0 N–H and O–H groups in total. The van der Waals surface area contributed by atoms with Crippen molar-refractivity contribution < 1.29 is 38.1 Å². The van der Waals surface area contributed by atoms with Gasteiger partial charge in [-0.05, 0) is 45.1 Å². The highest BCUT2D eigenvalue weighted by atomic mass is 16.8. The molecule has 8 heteroatoms. The van der Waals surface area contributed by atoms with Gasteiger partial charge in [-0.25, -0.2) is 4.79 Å². The van der Waals surface area contributed by atoms with Gasteiger partial charge in [-0.1, -0.05) is 39.2 Å². The first kappa shape index (κ1) is 29.5. The predicted molar refractivity (Wildman–Crippen MR) is 120 cm³/mol. The van der Waals surface area contributed by atoms with Crippen molar-refractivity contribution in [2.75, 3.05) is 20.3 Å². The summed E-state index contributed by atoms with van der Waals surface area (Å²) < 4.78 is 25.4. The predicted octanol–water partition coefficient (Wildman–Crippen LogP) is 4.96. The van der Waals surface area contributed by atoms with Crippen LogP contribution in [0.4, 0.5) is 0 Å². The van der Waals surface area contributed by atoms with E-state index in [4.69, 9.17) is 14.2 Å². The topological polar surface area (TPSA) is 97.4 Å². The van der Waals surface area contributed by atoms with E-state index in [1.54, 1.807) is 6.08 Å². The van der Waals surface area contributed by atoms with Crippen molar-refractivity contribution in [1.82, 2.24) is 0 Å². The van der Waals surface area contributed by atoms with E-state index in [0.29, 0.717) is 37.7 Å². The molecule has 32 heavy (non-hydrogen) atoms. The van der Waals surface area contributed by atoms with Crippen LogP contribution >= 0.6 is 0 Å². The smallest absolute Gasteiger partial charge is 0.348 e. The number of hydrogen-bond donors (Lipinski definition) is 0. The maximum Gasteiger partial charge on any atom is 0.348 e. The summed E-state index contributed by atoms with van der Waals surface area (Å²) in [4.78, 5) is 31.0. The Morgan fingerprint density at radius 2 is 1.59 bits per heavy atom. The largest absolute Gasteiger partial charge is 0.468 e. The van der Waals surface area contributed by atoms with Gasteiger partial charge in [0.05, 0.1) is 20.3 Å². The molecular formula is C24H40O8. The zero-order valence-electron chi connectivity index (χ0n) is 20.3. The van der Waals surface area contributed by atoms with Crippen molar-refractivity contribution in [3.63, 3.8) is 0 Å². The molecule has 0 atom stereocenters. The Bertz CT molecular complexity index is 603. The van der Waals surface area contributed by atoms with Crippen molar-refractivity contribution in [1.29, 1.82) is 0 Å². The number of unbranched alkanes of at least 4 members (excludes halogenated alkanes) is 1. The molecule has 0 radical (unpaired) electrons. The molecule has 8 nitrogen and oxygen atoms in total. The van der Waals surface area contributed by atoms with Crippen LogP contribution in [0.1, 0.15) is 85.5 Å². The third-order valence-corrected chi connectivity index (χ3v) is 4.82. The van der Waals surface area contributed by atoms with Crippen LogP contribution in [0.15, 0.2) is 23.2 Å². The van der Waals surface area contributed by atoms with Crippen LogP contribution < -0.4 is 0 Å². The second-order valence-corrected chi connectivity index (χ2v) is 7.50. The fourth-order valence-corrected chi connectivity index (χ4v) is 2.91. The number of hydrogen-bond acceptors (Lipinski definition) is 8. The third kappa shape index (κ3) is 11.8. The number of esters is 1. The van der Waals surface area contributed by atoms with E-state index in [-0.39, 0.29) is 5.97 Å². The fraction of sp³-hybridized carbons (Fsp3) is 0.708. The summed E-state index contributed by atoms with van der Waals surface area (Å²) in [5.74, 6) is -0.832. The van der Waals surface area contributed by atoms with E-state index in [1.165, 1.54) is 7.11 Å². The van der Waals surface area contributed by atoms with Gasteiger partial charge >= 0.3 is 5.97 Å². The van der Waals surface area contributed by atoms with Gasteiger partial charge in [-0.2, -0.15) is 0 Å². The SMILES string of the molecule is CCC(C)=CC1=C(OC)OC2(CCCCC2)OC1=O.CCCCOC=O.CCCOC=O. The van der Waals surface area contributed by atoms with E-state index in [9.17, 15) is 14.4 Å². The molecule has 0 bridgehead atoms. The minimum Gasteiger partial charge on any atom is -0.468 e. The molecular weight excluding hydrogens is 416 g/mol. The summed E-state index contributed by atoms with van der Waals surface area (Å²) in [5.41, 5.74) is 1.47. The Morgan fingerprint density at radius 1 is 0.969 bits per heavy atom. The summed E-state index contributed by atoms with van der Waals surface area (Å²) in [6.07, 6.45) is 10.3. The standard InChI is InChI=1S/C15H22O4.C5H10O2.C4H8O2/c1-4-11(2)10-12-13(16)18-15(19-14(12)17-3)8-6-5-7-9-15;1-2-3-4-7-5-6;1-2-3-6-4-5/h10H,4-9H2,1-3H3;5H,2-4H2,1H3;4H,2-3H2,1H3. The number of ether oxygens (including phenoxy) is 5. The first-order chi connectivity index (χ1) is 15.4. The normalized spacial score (nSPS) is 16.9. The van der Waals surface area contributed by atoms with Crippen LogP contribution in [0.5, 0.6) is 0 Å². The lowest BCUT2D eigenvalue weighted by Gasteiger charge is -2.39. The lowest BCUT2D eigenvalue weighted by Crippen LogP contribution is -2.44. The fourth-order valence-electron chi connectivity index (χ4n) is 2.91. The van der Waals surface area contributed by atoms with Gasteiger partial charge in [0, 0.05) is 12.8 Å². The Kier molecular flexibility index (Phi) is 16.7. The van der Waals surface area contributed by atoms with E-state index < -0.39 is 5.79 Å². The quantitative estimate of drug-likeness (QED) is 0.197. The van der Waals surface area contributed by atoms with Crippen LogP contribution in [0, 0.1) is 0 Å². The molecule has 0 saturated heterocycles. The zero-order chi connectivity index (χ0) is 24.2. The molecule has 0 amide bonds. The summed E-state index contributed by atoms with van der Waals surface area (Å²) in [6, 6.07) is 0. The van der Waals surface area contributed by atoms with Gasteiger partial charge in [-0.15, -0.1) is 0 Å². The van der Waals surface area contributed by atoms with Crippen LogP contribution in [0.25, 0.3) is 0 Å². The van der Waals surface area contributed by atoms with Crippen molar-refractivity contribution in [3.8, 4) is 0 Å². The van der Waals surface area contributed by atoms with Crippen LogP contribution in [-0.4, -0.2) is 45.0 Å². The Hall–Kier alpha value is -2.51. The zero-order valence-corrected chi connectivity index (χ0v) is 20.3. The lowest BCUT2D eigenvalue weighted by molar-refractivity contribution is -0.251. The van der Waals surface area contributed by atoms with Gasteiger partial charge in [0.25, 0.3) is 24.7 Å². The van der Waals surface area contributed by atoms with Gasteiger partial charge in [0.1, 0.15) is 5.57 Å². The minimum atomic E-state index is -0.794. The monoisotopic (exact) mass is 456 g/mol. The second-order valence-electron chi connectivity index (χ2n) is 7.50. The van der Waals surface area contributed by atoms with Crippen LogP contribution in [-0.2, 0) is 38.1 Å². The highest BCUT2D eigenvalue weighted by Crippen LogP contribution is 2.39. The Labute approximate surface area is 192 Å². The summed E-state index contributed by atoms with van der Waals surface area (Å²) in [7, 11) is 1.53. The first-order valence-corrected chi connectivity index (χ1v) is 11.4. The van der Waals surface area contributed by atoms with Crippen LogP contribution in [0.2, 0.25) is 0 Å². The van der Waals surface area contributed by atoms with Crippen molar-refractivity contribution >= 4 is 18.9 Å². The summed E-state index contributed by atoms with van der Waals surface area (Å²) in [6.45, 7) is 10.1. The third-order valence-electron chi connectivity index (χ3n) is 4.82. The molecule has 2 rings (SSSR count). The lowest BCUT2D eigenvalue weighted by atomic mass is 9.93. The number of rotatable bonds is 10. The molecule has 0 aromatic heterocycles. The molecule has 1 heterocycles. The minimum absolute atomic E-state index is 0.297. The van der Waals surface area contributed by atoms with E-state index in [2.05, 4.69) is 9.47 Å². The van der Waals surface area contributed by atoms with Gasteiger partial charge in [-0.3, -0.25) is 9.59 Å². The number of carbonyl (C=O) groups excluding carboxylic acids is 3. The molecule has 1 spiro atoms. The summed E-state index contributed by atoms with van der Waals surface area (Å²) in [5, 5.41) is 0. The van der Waals surface area contributed by atoms with E-state index >= 15 is 0 Å². The molecule has 1 fully saturated rings. The Balaban J connectivity index is 0.000000611. The molecule has 0 aromatic carbocycles. The van der Waals surface area contributed by atoms with Crippen molar-refractivity contribution in [2.45, 2.75) is 91.3 Å². The molecule has 1 aliphatic carbocycles. The van der Waals surface area contributed by atoms with E-state index in [1.807, 2.05) is 27.7 Å². The summed E-state index contributed by atoms with van der Waals surface area (Å²) >= 11 is 0. The number of allylic oxidation sites excluding steroid dienone is 1. The maximum absolute atomic E-state index is 12.2. The molecule has 0 unspecified atom stereocenters. The second kappa shape index (κ2) is 18.1. The highest BCUT2D eigenvalue weighted by Gasteiger charge is 2.44. The maximum atomic E-state index is 12.2. The van der Waals surface area contributed by atoms with E-state index in [0.717, 1.165) is 63.4 Å². The van der Waals surface area contributed by atoms with Gasteiger partial charge in [0.2, 0.25) is 0 Å². The van der Waals surface area contributed by atoms with Gasteiger partial charge < -0.3 is 23.7 Å².